The molecule has 1 aliphatic carbocycles. The predicted molar refractivity (Wildman–Crippen MR) is 80.0 cm³/mol. The number of nitrogens with zero attached hydrogens (tertiary/aromatic N) is 3. The number of hydrogen-bond acceptors (Lipinski definition) is 5. The molecular formula is C15H22N4O3. The average Bonchev–Trinajstić information content (AvgIpc) is 3.19. The smallest absolute Gasteiger partial charge is 0.317 e. The predicted octanol–water partition coefficient (Wildman–Crippen LogP) is 1.59. The Bertz CT molecular complexity index is 519. The Morgan fingerprint density at radius 2 is 2.05 bits per heavy atom. The van der Waals surface area contributed by atoms with Crippen molar-refractivity contribution in [3.63, 3.8) is 0 Å². The van der Waals surface area contributed by atoms with Gasteiger partial charge in [0.1, 0.15) is 6.10 Å². The maximum absolute atomic E-state index is 12.2. The molecule has 2 fully saturated rings. The number of rotatable bonds is 4. The second-order valence-electron chi connectivity index (χ2n) is 5.81. The van der Waals surface area contributed by atoms with Gasteiger partial charge in [0.25, 0.3) is 0 Å². The fourth-order valence-corrected chi connectivity index (χ4v) is 3.00. The van der Waals surface area contributed by atoms with Crippen LogP contribution >= 0.6 is 0 Å². The number of carbonyl (C=O) groups excluding carboxylic acids is 1. The average molecular weight is 306 g/mol. The normalized spacial score (nSPS) is 21.9. The largest absolute Gasteiger partial charge is 0.480 e. The number of hydrogen-bond donors (Lipinski definition) is 1. The Labute approximate surface area is 130 Å². The van der Waals surface area contributed by atoms with Crippen LogP contribution in [0, 0.1) is 0 Å². The van der Waals surface area contributed by atoms with Crippen LogP contribution in [-0.4, -0.2) is 53.2 Å². The Morgan fingerprint density at radius 1 is 1.27 bits per heavy atom. The molecular weight excluding hydrogens is 284 g/mol. The Hall–Kier alpha value is -2.05. The van der Waals surface area contributed by atoms with Gasteiger partial charge < -0.3 is 19.7 Å². The third-order valence-corrected chi connectivity index (χ3v) is 4.20. The minimum Gasteiger partial charge on any atom is -0.480 e. The van der Waals surface area contributed by atoms with Crippen molar-refractivity contribution in [1.29, 1.82) is 0 Å². The summed E-state index contributed by atoms with van der Waals surface area (Å²) in [6.45, 7) is 1.29. The van der Waals surface area contributed by atoms with Gasteiger partial charge in [-0.25, -0.2) is 4.79 Å². The number of nitrogens with one attached hydrogen (secondary N) is 1. The maximum Gasteiger partial charge on any atom is 0.317 e. The van der Waals surface area contributed by atoms with Crippen molar-refractivity contribution in [3.8, 4) is 11.8 Å². The van der Waals surface area contributed by atoms with E-state index in [1.165, 1.54) is 19.0 Å². The molecule has 2 aliphatic rings. The number of urea groups is 1. The Kier molecular flexibility index (Phi) is 4.60. The first-order valence-electron chi connectivity index (χ1n) is 7.83. The highest BCUT2D eigenvalue weighted by Crippen LogP contribution is 2.20. The number of methoxy groups -OCH3 is 1. The molecule has 1 aromatic rings. The molecule has 3 rings (SSSR count). The van der Waals surface area contributed by atoms with Gasteiger partial charge in [-0.3, -0.25) is 4.98 Å². The summed E-state index contributed by atoms with van der Waals surface area (Å²) in [5.41, 5.74) is 0. The highest BCUT2D eigenvalue weighted by atomic mass is 16.5. The molecule has 2 amide bonds. The number of ether oxygens (including phenoxy) is 2. The lowest BCUT2D eigenvalue weighted by Crippen LogP contribution is -2.43. The molecule has 7 nitrogen and oxygen atoms in total. The molecule has 7 heteroatoms. The maximum atomic E-state index is 12.2. The molecule has 120 valence electrons. The van der Waals surface area contributed by atoms with E-state index in [4.69, 9.17) is 9.47 Å². The van der Waals surface area contributed by atoms with Crippen molar-refractivity contribution in [1.82, 2.24) is 20.2 Å². The molecule has 1 N–H and O–H groups in total. The Balaban J connectivity index is 1.49. The third kappa shape index (κ3) is 3.58. The van der Waals surface area contributed by atoms with Crippen LogP contribution in [0.2, 0.25) is 0 Å². The van der Waals surface area contributed by atoms with Gasteiger partial charge in [0, 0.05) is 19.0 Å². The zero-order valence-electron chi connectivity index (χ0n) is 12.8. The summed E-state index contributed by atoms with van der Waals surface area (Å²) >= 11 is 0. The van der Waals surface area contributed by atoms with E-state index in [-0.39, 0.29) is 12.1 Å². The van der Waals surface area contributed by atoms with Gasteiger partial charge in [0.15, 0.2) is 0 Å². The first-order valence-corrected chi connectivity index (χ1v) is 7.83. The quantitative estimate of drug-likeness (QED) is 0.914. The molecule has 0 spiro atoms. The van der Waals surface area contributed by atoms with E-state index in [0.29, 0.717) is 30.9 Å². The lowest BCUT2D eigenvalue weighted by Gasteiger charge is -2.20. The van der Waals surface area contributed by atoms with Gasteiger partial charge in [-0.1, -0.05) is 12.8 Å². The topological polar surface area (TPSA) is 76.6 Å². The minimum atomic E-state index is -0.0456. The SMILES string of the molecule is COc1cncc(OC2CCN(C(=O)NC3CCCC3)C2)n1. The molecule has 0 bridgehead atoms. The molecule has 1 aliphatic heterocycles. The fourth-order valence-electron chi connectivity index (χ4n) is 3.00. The molecule has 0 radical (unpaired) electrons. The Morgan fingerprint density at radius 3 is 2.82 bits per heavy atom. The number of amides is 2. The monoisotopic (exact) mass is 306 g/mol. The highest BCUT2D eigenvalue weighted by Gasteiger charge is 2.29. The van der Waals surface area contributed by atoms with Crippen molar-refractivity contribution in [2.45, 2.75) is 44.2 Å². The first kappa shape index (κ1) is 14.9. The van der Waals surface area contributed by atoms with E-state index in [1.807, 2.05) is 4.90 Å². The molecule has 22 heavy (non-hydrogen) atoms. The van der Waals surface area contributed by atoms with E-state index >= 15 is 0 Å². The molecule has 1 unspecified atom stereocenters. The summed E-state index contributed by atoms with van der Waals surface area (Å²) in [5.74, 6) is 0.855. The highest BCUT2D eigenvalue weighted by molar-refractivity contribution is 5.74. The van der Waals surface area contributed by atoms with E-state index in [2.05, 4.69) is 15.3 Å². The van der Waals surface area contributed by atoms with Gasteiger partial charge in [0.05, 0.1) is 26.0 Å². The number of carbonyl (C=O) groups is 1. The van der Waals surface area contributed by atoms with Crippen molar-refractivity contribution in [2.75, 3.05) is 20.2 Å². The third-order valence-electron chi connectivity index (χ3n) is 4.20. The van der Waals surface area contributed by atoms with Gasteiger partial charge in [-0.15, -0.1) is 0 Å². The summed E-state index contributed by atoms with van der Waals surface area (Å²) in [4.78, 5) is 22.2. The van der Waals surface area contributed by atoms with Crippen LogP contribution in [0.4, 0.5) is 4.79 Å². The van der Waals surface area contributed by atoms with E-state index in [9.17, 15) is 4.79 Å². The summed E-state index contributed by atoms with van der Waals surface area (Å²) in [7, 11) is 1.54. The van der Waals surface area contributed by atoms with Crippen LogP contribution in [0.15, 0.2) is 12.4 Å². The second kappa shape index (κ2) is 6.81. The molecule has 1 saturated carbocycles. The van der Waals surface area contributed by atoms with Gasteiger partial charge in [-0.2, -0.15) is 4.98 Å². The standard InChI is InChI=1S/C15H22N4O3/c1-21-13-8-16-9-14(18-13)22-12-6-7-19(10-12)15(20)17-11-4-2-3-5-11/h8-9,11-12H,2-7,10H2,1H3,(H,17,20). The van der Waals surface area contributed by atoms with Crippen molar-refractivity contribution in [2.24, 2.45) is 0 Å². The van der Waals surface area contributed by atoms with Crippen LogP contribution < -0.4 is 14.8 Å². The first-order chi connectivity index (χ1) is 10.7. The molecule has 0 aromatic carbocycles. The van der Waals surface area contributed by atoms with Crippen molar-refractivity contribution in [3.05, 3.63) is 12.4 Å². The summed E-state index contributed by atoms with van der Waals surface area (Å²) in [6, 6.07) is 0.367. The summed E-state index contributed by atoms with van der Waals surface area (Å²) in [5, 5.41) is 3.11. The molecule has 2 heterocycles. The zero-order chi connectivity index (χ0) is 15.4. The van der Waals surface area contributed by atoms with Crippen molar-refractivity contribution < 1.29 is 14.3 Å². The van der Waals surface area contributed by atoms with E-state index < -0.39 is 0 Å². The van der Waals surface area contributed by atoms with Crippen LogP contribution in [0.5, 0.6) is 11.8 Å². The van der Waals surface area contributed by atoms with Crippen LogP contribution in [-0.2, 0) is 0 Å². The number of likely N-dealkylation sites (tertiary alicyclic amines) is 1. The van der Waals surface area contributed by atoms with Crippen LogP contribution in [0.3, 0.4) is 0 Å². The molecule has 1 atom stereocenters. The summed E-state index contributed by atoms with van der Waals surface area (Å²) < 4.78 is 10.8. The second-order valence-corrected chi connectivity index (χ2v) is 5.81. The van der Waals surface area contributed by atoms with Gasteiger partial charge in [-0.05, 0) is 12.8 Å². The molecule has 1 saturated heterocycles. The van der Waals surface area contributed by atoms with Gasteiger partial charge >= 0.3 is 6.03 Å². The lowest BCUT2D eigenvalue weighted by atomic mass is 10.2. The van der Waals surface area contributed by atoms with Gasteiger partial charge in [0.2, 0.25) is 11.8 Å². The summed E-state index contributed by atoms with van der Waals surface area (Å²) in [6.07, 6.45) is 8.47. The lowest BCUT2D eigenvalue weighted by molar-refractivity contribution is 0.179. The number of aromatic nitrogens is 2. The van der Waals surface area contributed by atoms with Crippen molar-refractivity contribution >= 4 is 6.03 Å². The van der Waals surface area contributed by atoms with E-state index in [1.54, 1.807) is 13.3 Å². The zero-order valence-corrected chi connectivity index (χ0v) is 12.8. The van der Waals surface area contributed by atoms with Crippen LogP contribution in [0.1, 0.15) is 32.1 Å². The minimum absolute atomic E-state index is 0.0229. The van der Waals surface area contributed by atoms with E-state index in [0.717, 1.165) is 19.3 Å². The fraction of sp³-hybridized carbons (Fsp3) is 0.667. The molecule has 1 aromatic heterocycles. The van der Waals surface area contributed by atoms with Crippen LogP contribution in [0.25, 0.3) is 0 Å².